The molecule has 0 aliphatic rings. The molecule has 1 aromatic heterocycles. The van der Waals surface area contributed by atoms with E-state index < -0.39 is 0 Å². The molecule has 106 valence electrons. The summed E-state index contributed by atoms with van der Waals surface area (Å²) in [5.41, 5.74) is 3.11. The maximum atomic E-state index is 11.1. The van der Waals surface area contributed by atoms with Gasteiger partial charge in [-0.1, -0.05) is 18.2 Å². The van der Waals surface area contributed by atoms with E-state index >= 15 is 0 Å². The standard InChI is InChI=1S/C15H20N4O/c1-12-9-17-19(11-12)8-7-16-10-14-5-3-4-6-15(14)18-13(2)20/h3-6,9,11,16H,7-8,10H2,1-2H3,(H,18,20). The molecule has 0 atom stereocenters. The third-order valence-electron chi connectivity index (χ3n) is 2.92. The van der Waals surface area contributed by atoms with E-state index in [9.17, 15) is 4.79 Å². The summed E-state index contributed by atoms with van der Waals surface area (Å²) in [6.07, 6.45) is 3.87. The molecule has 1 amide bonds. The maximum absolute atomic E-state index is 11.1. The van der Waals surface area contributed by atoms with E-state index in [-0.39, 0.29) is 5.91 Å². The molecular weight excluding hydrogens is 252 g/mol. The van der Waals surface area contributed by atoms with Crippen LogP contribution in [-0.4, -0.2) is 22.2 Å². The van der Waals surface area contributed by atoms with E-state index in [4.69, 9.17) is 0 Å². The third kappa shape index (κ3) is 4.20. The Morgan fingerprint density at radius 1 is 1.35 bits per heavy atom. The molecule has 0 bridgehead atoms. The van der Waals surface area contributed by atoms with E-state index in [1.165, 1.54) is 12.5 Å². The van der Waals surface area contributed by atoms with Gasteiger partial charge in [0.15, 0.2) is 0 Å². The molecule has 2 aromatic rings. The number of nitrogens with one attached hydrogen (secondary N) is 2. The van der Waals surface area contributed by atoms with E-state index in [0.29, 0.717) is 0 Å². The van der Waals surface area contributed by atoms with Gasteiger partial charge in [0.25, 0.3) is 0 Å². The monoisotopic (exact) mass is 272 g/mol. The van der Waals surface area contributed by atoms with Crippen LogP contribution in [0.25, 0.3) is 0 Å². The van der Waals surface area contributed by atoms with E-state index in [1.54, 1.807) is 0 Å². The number of aryl methyl sites for hydroxylation is 1. The van der Waals surface area contributed by atoms with Crippen LogP contribution in [-0.2, 0) is 17.9 Å². The molecule has 1 aromatic carbocycles. The number of carbonyl (C=O) groups is 1. The minimum absolute atomic E-state index is 0.0514. The molecule has 0 unspecified atom stereocenters. The molecule has 0 aliphatic carbocycles. The quantitative estimate of drug-likeness (QED) is 0.790. The normalized spacial score (nSPS) is 10.5. The van der Waals surface area contributed by atoms with Crippen LogP contribution in [0.1, 0.15) is 18.1 Å². The Morgan fingerprint density at radius 2 is 2.15 bits per heavy atom. The molecule has 0 radical (unpaired) electrons. The van der Waals surface area contributed by atoms with Gasteiger partial charge >= 0.3 is 0 Å². The van der Waals surface area contributed by atoms with E-state index in [2.05, 4.69) is 15.7 Å². The van der Waals surface area contributed by atoms with Crippen molar-refractivity contribution in [1.29, 1.82) is 0 Å². The molecule has 1 heterocycles. The summed E-state index contributed by atoms with van der Waals surface area (Å²) in [4.78, 5) is 11.1. The number of aromatic nitrogens is 2. The summed E-state index contributed by atoms with van der Waals surface area (Å²) in [7, 11) is 0. The highest BCUT2D eigenvalue weighted by atomic mass is 16.1. The van der Waals surface area contributed by atoms with Crippen LogP contribution in [0.15, 0.2) is 36.7 Å². The highest BCUT2D eigenvalue weighted by Crippen LogP contribution is 2.14. The number of rotatable bonds is 6. The number of hydrogen-bond donors (Lipinski definition) is 2. The molecular formula is C15H20N4O. The average molecular weight is 272 g/mol. The van der Waals surface area contributed by atoms with E-state index in [1.807, 2.05) is 48.3 Å². The van der Waals surface area contributed by atoms with Gasteiger partial charge in [-0.2, -0.15) is 5.10 Å². The lowest BCUT2D eigenvalue weighted by Gasteiger charge is -2.10. The van der Waals surface area contributed by atoms with Crippen LogP contribution in [0.2, 0.25) is 0 Å². The highest BCUT2D eigenvalue weighted by molar-refractivity contribution is 5.89. The zero-order valence-corrected chi connectivity index (χ0v) is 11.9. The summed E-state index contributed by atoms with van der Waals surface area (Å²) in [6, 6.07) is 7.81. The number of amides is 1. The number of para-hydroxylation sites is 1. The first-order valence-corrected chi connectivity index (χ1v) is 6.70. The smallest absolute Gasteiger partial charge is 0.221 e. The molecule has 0 aliphatic heterocycles. The van der Waals surface area contributed by atoms with Crippen molar-refractivity contribution in [3.8, 4) is 0 Å². The third-order valence-corrected chi connectivity index (χ3v) is 2.92. The summed E-state index contributed by atoms with van der Waals surface area (Å²) in [5.74, 6) is -0.0514. The fourth-order valence-corrected chi connectivity index (χ4v) is 1.99. The Morgan fingerprint density at radius 3 is 2.85 bits per heavy atom. The first-order chi connectivity index (χ1) is 9.65. The molecule has 5 nitrogen and oxygen atoms in total. The minimum atomic E-state index is -0.0514. The fourth-order valence-electron chi connectivity index (χ4n) is 1.99. The number of nitrogens with zero attached hydrogens (tertiary/aromatic N) is 2. The van der Waals surface area contributed by atoms with Crippen molar-refractivity contribution < 1.29 is 4.79 Å². The number of carbonyl (C=O) groups excluding carboxylic acids is 1. The van der Waals surface area contributed by atoms with Gasteiger partial charge in [0, 0.05) is 31.9 Å². The Bertz CT molecular complexity index is 577. The van der Waals surface area contributed by atoms with Gasteiger partial charge in [-0.05, 0) is 24.1 Å². The first kappa shape index (κ1) is 14.3. The van der Waals surface area contributed by atoms with Gasteiger partial charge in [-0.25, -0.2) is 0 Å². The summed E-state index contributed by atoms with van der Waals surface area (Å²) in [6.45, 7) is 5.92. The highest BCUT2D eigenvalue weighted by Gasteiger charge is 2.02. The van der Waals surface area contributed by atoms with Crippen LogP contribution >= 0.6 is 0 Å². The number of benzene rings is 1. The van der Waals surface area contributed by atoms with Crippen LogP contribution < -0.4 is 10.6 Å². The Kier molecular flexibility index (Phi) is 4.90. The maximum Gasteiger partial charge on any atom is 0.221 e. The van der Waals surface area contributed by atoms with Crippen LogP contribution in [0.3, 0.4) is 0 Å². The fraction of sp³-hybridized carbons (Fsp3) is 0.333. The van der Waals surface area contributed by atoms with Gasteiger partial charge in [0.05, 0.1) is 12.7 Å². The summed E-state index contributed by atoms with van der Waals surface area (Å²) >= 11 is 0. The SMILES string of the molecule is CC(=O)Nc1ccccc1CNCCn1cc(C)cn1. The van der Waals surface area contributed by atoms with Crippen molar-refractivity contribution in [1.82, 2.24) is 15.1 Å². The van der Waals surface area contributed by atoms with Gasteiger partial charge in [-0.15, -0.1) is 0 Å². The summed E-state index contributed by atoms with van der Waals surface area (Å²) in [5, 5.41) is 10.4. The van der Waals surface area contributed by atoms with Crippen LogP contribution in [0, 0.1) is 6.92 Å². The Labute approximate surface area is 119 Å². The lowest BCUT2D eigenvalue weighted by molar-refractivity contribution is -0.114. The Balaban J connectivity index is 1.83. The van der Waals surface area contributed by atoms with Gasteiger partial charge in [0.2, 0.25) is 5.91 Å². The molecule has 2 N–H and O–H groups in total. The lowest BCUT2D eigenvalue weighted by atomic mass is 10.1. The van der Waals surface area contributed by atoms with Crippen molar-refractivity contribution >= 4 is 11.6 Å². The van der Waals surface area contributed by atoms with Gasteiger partial charge < -0.3 is 10.6 Å². The predicted octanol–water partition coefficient (Wildman–Crippen LogP) is 1.94. The predicted molar refractivity (Wildman–Crippen MR) is 79.4 cm³/mol. The lowest BCUT2D eigenvalue weighted by Crippen LogP contribution is -2.20. The first-order valence-electron chi connectivity index (χ1n) is 6.70. The Hall–Kier alpha value is -2.14. The van der Waals surface area contributed by atoms with Crippen molar-refractivity contribution in [3.05, 3.63) is 47.8 Å². The minimum Gasteiger partial charge on any atom is -0.326 e. The second-order valence-electron chi connectivity index (χ2n) is 4.80. The molecule has 0 saturated heterocycles. The zero-order valence-electron chi connectivity index (χ0n) is 11.9. The largest absolute Gasteiger partial charge is 0.326 e. The van der Waals surface area contributed by atoms with Crippen molar-refractivity contribution in [2.75, 3.05) is 11.9 Å². The second-order valence-corrected chi connectivity index (χ2v) is 4.80. The molecule has 0 saturated carbocycles. The zero-order chi connectivity index (χ0) is 14.4. The average Bonchev–Trinajstić information content (AvgIpc) is 2.81. The van der Waals surface area contributed by atoms with Crippen molar-refractivity contribution in [3.63, 3.8) is 0 Å². The molecule has 0 spiro atoms. The van der Waals surface area contributed by atoms with Crippen molar-refractivity contribution in [2.24, 2.45) is 0 Å². The van der Waals surface area contributed by atoms with Crippen LogP contribution in [0.5, 0.6) is 0 Å². The topological polar surface area (TPSA) is 59.0 Å². The van der Waals surface area contributed by atoms with Gasteiger partial charge in [-0.3, -0.25) is 9.48 Å². The molecule has 20 heavy (non-hydrogen) atoms. The summed E-state index contributed by atoms with van der Waals surface area (Å²) < 4.78 is 1.92. The van der Waals surface area contributed by atoms with Crippen molar-refractivity contribution in [2.45, 2.75) is 26.9 Å². The molecule has 0 fully saturated rings. The number of hydrogen-bond acceptors (Lipinski definition) is 3. The number of anilines is 1. The molecule has 2 rings (SSSR count). The molecule has 5 heteroatoms. The van der Waals surface area contributed by atoms with Gasteiger partial charge in [0.1, 0.15) is 0 Å². The van der Waals surface area contributed by atoms with E-state index in [0.717, 1.165) is 30.9 Å². The van der Waals surface area contributed by atoms with Crippen LogP contribution in [0.4, 0.5) is 5.69 Å². The second kappa shape index (κ2) is 6.86.